The number of hydrogen-bond acceptors (Lipinski definition) is 1. The number of pyridine rings is 1. The molecule has 0 bridgehead atoms. The largest absolute Gasteiger partial charge is 0.256 e. The number of benzene rings is 2. The van der Waals surface area contributed by atoms with Gasteiger partial charge in [-0.25, -0.2) is 0 Å². The molecule has 134 valence electrons. The summed E-state index contributed by atoms with van der Waals surface area (Å²) in [6.07, 6.45) is 3.31. The van der Waals surface area contributed by atoms with Crippen LogP contribution in [0.3, 0.4) is 0 Å². The van der Waals surface area contributed by atoms with Crippen LogP contribution < -0.4 is 5.19 Å². The van der Waals surface area contributed by atoms with Crippen LogP contribution in [0.1, 0.15) is 31.7 Å². The zero-order chi connectivity index (χ0) is 18.7. The minimum Gasteiger partial charge on any atom is -0.256 e. The Labute approximate surface area is 159 Å². The van der Waals surface area contributed by atoms with Crippen LogP contribution in [-0.2, 0) is 0 Å². The van der Waals surface area contributed by atoms with Crippen molar-refractivity contribution in [2.75, 3.05) is 0 Å². The van der Waals surface area contributed by atoms with E-state index in [9.17, 15) is 0 Å². The van der Waals surface area contributed by atoms with E-state index < -0.39 is 8.07 Å². The molecule has 1 unspecified atom stereocenters. The summed E-state index contributed by atoms with van der Waals surface area (Å²) in [5.74, 6) is 0.558. The normalized spacial score (nSPS) is 12.8. The maximum atomic E-state index is 4.91. The molecule has 2 aromatic carbocycles. The minimum atomic E-state index is -1.42. The van der Waals surface area contributed by atoms with Crippen molar-refractivity contribution >= 4 is 13.3 Å². The summed E-state index contributed by atoms with van der Waals surface area (Å²) >= 11 is 0. The molecule has 0 radical (unpaired) electrons. The lowest BCUT2D eigenvalue weighted by Gasteiger charge is -2.24. The summed E-state index contributed by atoms with van der Waals surface area (Å²) in [6.45, 7) is 11.8. The Morgan fingerprint density at radius 1 is 0.885 bits per heavy atom. The molecular weight excluding hydrogens is 330 g/mol. The first kappa shape index (κ1) is 18.6. The molecule has 1 aromatic heterocycles. The Bertz CT molecular complexity index is 878. The highest BCUT2D eigenvalue weighted by Crippen LogP contribution is 2.32. The Kier molecular flexibility index (Phi) is 5.43. The zero-order valence-electron chi connectivity index (χ0n) is 16.6. The fourth-order valence-electron chi connectivity index (χ4n) is 3.45. The molecule has 1 nitrogen and oxygen atoms in total. The molecule has 2 heteroatoms. The quantitative estimate of drug-likeness (QED) is 0.475. The van der Waals surface area contributed by atoms with Crippen LogP contribution in [0.25, 0.3) is 22.4 Å². The van der Waals surface area contributed by atoms with E-state index in [1.807, 2.05) is 0 Å². The van der Waals surface area contributed by atoms with E-state index >= 15 is 0 Å². The van der Waals surface area contributed by atoms with Crippen molar-refractivity contribution in [1.29, 1.82) is 0 Å². The molecule has 0 saturated carbocycles. The van der Waals surface area contributed by atoms with Gasteiger partial charge in [-0.1, -0.05) is 88.1 Å². The lowest BCUT2D eigenvalue weighted by molar-refractivity contribution is 0.736. The van der Waals surface area contributed by atoms with Gasteiger partial charge in [0.1, 0.15) is 0 Å². The third kappa shape index (κ3) is 3.81. The Balaban J connectivity index is 2.17. The molecule has 0 aliphatic rings. The first-order valence-corrected chi connectivity index (χ1v) is 13.1. The predicted octanol–water partition coefficient (Wildman–Crippen LogP) is 6.47. The molecule has 0 fully saturated rings. The Morgan fingerprint density at radius 2 is 1.50 bits per heavy atom. The van der Waals surface area contributed by atoms with Crippen molar-refractivity contribution in [3.05, 3.63) is 72.4 Å². The summed E-state index contributed by atoms with van der Waals surface area (Å²) in [7, 11) is -1.42. The molecule has 0 N–H and O–H groups in total. The maximum Gasteiger partial charge on any atom is 0.0799 e. The third-order valence-corrected chi connectivity index (χ3v) is 7.21. The van der Waals surface area contributed by atoms with Gasteiger partial charge >= 0.3 is 0 Å². The van der Waals surface area contributed by atoms with Gasteiger partial charge in [-0.2, -0.15) is 0 Å². The van der Waals surface area contributed by atoms with Gasteiger partial charge in [0.2, 0.25) is 0 Å². The van der Waals surface area contributed by atoms with E-state index in [1.54, 1.807) is 0 Å². The molecule has 1 atom stereocenters. The van der Waals surface area contributed by atoms with E-state index in [1.165, 1.54) is 27.4 Å². The first-order chi connectivity index (χ1) is 12.4. The molecule has 0 aliphatic carbocycles. The SMILES string of the molecule is CCC(C)c1cc(-c2ccccc2-c2ccccc2)ncc1[Si](C)(C)C. The highest BCUT2D eigenvalue weighted by Gasteiger charge is 2.23. The van der Waals surface area contributed by atoms with Gasteiger partial charge in [0, 0.05) is 11.8 Å². The number of nitrogens with zero attached hydrogens (tertiary/aromatic N) is 1. The van der Waals surface area contributed by atoms with Crippen molar-refractivity contribution in [2.24, 2.45) is 0 Å². The topological polar surface area (TPSA) is 12.9 Å². The standard InChI is InChI=1S/C24H29NSi/c1-6-18(2)22-16-23(25-17-24(22)26(3,4)5)21-15-11-10-14-20(21)19-12-8-7-9-13-19/h7-18H,6H2,1-5H3. The van der Waals surface area contributed by atoms with Gasteiger partial charge < -0.3 is 0 Å². The molecule has 26 heavy (non-hydrogen) atoms. The number of aromatic nitrogens is 1. The highest BCUT2D eigenvalue weighted by atomic mass is 28.3. The zero-order valence-corrected chi connectivity index (χ0v) is 17.6. The van der Waals surface area contributed by atoms with Gasteiger partial charge in [-0.05, 0) is 40.3 Å². The highest BCUT2D eigenvalue weighted by molar-refractivity contribution is 6.89. The van der Waals surface area contributed by atoms with Crippen LogP contribution in [0.5, 0.6) is 0 Å². The summed E-state index contributed by atoms with van der Waals surface area (Å²) in [6, 6.07) is 21.6. The van der Waals surface area contributed by atoms with Crippen LogP contribution >= 0.6 is 0 Å². The van der Waals surface area contributed by atoms with Crippen LogP contribution in [0.15, 0.2) is 66.9 Å². The van der Waals surface area contributed by atoms with Crippen molar-refractivity contribution in [2.45, 2.75) is 45.8 Å². The fraction of sp³-hybridized carbons (Fsp3) is 0.292. The molecule has 0 amide bonds. The van der Waals surface area contributed by atoms with Crippen molar-refractivity contribution in [1.82, 2.24) is 4.98 Å². The van der Waals surface area contributed by atoms with Crippen LogP contribution in [0.4, 0.5) is 0 Å². The van der Waals surface area contributed by atoms with E-state index in [-0.39, 0.29) is 0 Å². The summed E-state index contributed by atoms with van der Waals surface area (Å²) in [5.41, 5.74) is 6.27. The van der Waals surface area contributed by atoms with Crippen molar-refractivity contribution < 1.29 is 0 Å². The lowest BCUT2D eigenvalue weighted by Crippen LogP contribution is -2.41. The van der Waals surface area contributed by atoms with Crippen LogP contribution in [0, 0.1) is 0 Å². The minimum absolute atomic E-state index is 0.558. The van der Waals surface area contributed by atoms with E-state index in [0.29, 0.717) is 5.92 Å². The van der Waals surface area contributed by atoms with Crippen LogP contribution in [0.2, 0.25) is 19.6 Å². The molecule has 0 aliphatic heterocycles. The second kappa shape index (κ2) is 7.59. The van der Waals surface area contributed by atoms with Gasteiger partial charge in [-0.3, -0.25) is 4.98 Å². The van der Waals surface area contributed by atoms with Crippen LogP contribution in [-0.4, -0.2) is 13.1 Å². The Morgan fingerprint density at radius 3 is 2.12 bits per heavy atom. The summed E-state index contributed by atoms with van der Waals surface area (Å²) in [4.78, 5) is 4.91. The second-order valence-electron chi connectivity index (χ2n) is 8.13. The predicted molar refractivity (Wildman–Crippen MR) is 117 cm³/mol. The third-order valence-electron chi connectivity index (χ3n) is 5.18. The smallest absolute Gasteiger partial charge is 0.0799 e. The fourth-order valence-corrected chi connectivity index (χ4v) is 5.08. The van der Waals surface area contributed by atoms with Gasteiger partial charge in [0.05, 0.1) is 13.8 Å². The molecule has 0 saturated heterocycles. The number of rotatable bonds is 5. The molecule has 1 heterocycles. The monoisotopic (exact) mass is 359 g/mol. The molecule has 0 spiro atoms. The molecule has 3 aromatic rings. The maximum absolute atomic E-state index is 4.91. The summed E-state index contributed by atoms with van der Waals surface area (Å²) in [5, 5.41) is 1.49. The van der Waals surface area contributed by atoms with Gasteiger partial charge in [-0.15, -0.1) is 0 Å². The lowest BCUT2D eigenvalue weighted by atomic mass is 9.94. The first-order valence-electron chi connectivity index (χ1n) is 9.57. The average molecular weight is 360 g/mol. The Hall–Kier alpha value is -2.19. The van der Waals surface area contributed by atoms with E-state index in [4.69, 9.17) is 4.98 Å². The summed E-state index contributed by atoms with van der Waals surface area (Å²) < 4.78 is 0. The van der Waals surface area contributed by atoms with E-state index in [0.717, 1.165) is 12.1 Å². The van der Waals surface area contributed by atoms with E-state index in [2.05, 4.69) is 100 Å². The average Bonchev–Trinajstić information content (AvgIpc) is 2.67. The second-order valence-corrected chi connectivity index (χ2v) is 13.2. The van der Waals surface area contributed by atoms with Crippen molar-refractivity contribution in [3.8, 4) is 22.4 Å². The van der Waals surface area contributed by atoms with Gasteiger partial charge in [0.15, 0.2) is 0 Å². The molecule has 3 rings (SSSR count). The molecular formula is C24H29NSi. The van der Waals surface area contributed by atoms with Crippen molar-refractivity contribution in [3.63, 3.8) is 0 Å². The number of hydrogen-bond donors (Lipinski definition) is 0. The van der Waals surface area contributed by atoms with Gasteiger partial charge in [0.25, 0.3) is 0 Å².